The van der Waals surface area contributed by atoms with Crippen molar-refractivity contribution < 1.29 is 34.0 Å². The molecule has 42 heavy (non-hydrogen) atoms. The van der Waals surface area contributed by atoms with Crippen molar-refractivity contribution in [2.24, 2.45) is 35.3 Å². The lowest BCUT2D eigenvalue weighted by molar-refractivity contribution is -0.286. The van der Waals surface area contributed by atoms with Gasteiger partial charge in [0.2, 0.25) is 0 Å². The fourth-order valence-corrected chi connectivity index (χ4v) is 8.54. The normalized spacial score (nSPS) is 43.4. The number of fused-ring (bicyclic) bond motifs is 2. The minimum atomic E-state index is -0.952. The highest BCUT2D eigenvalue weighted by Crippen LogP contribution is 2.52. The molecule has 5 fully saturated rings. The Hall–Kier alpha value is -1.36. The molecule has 5 aliphatic rings. The Kier molecular flexibility index (Phi) is 10.5. The summed E-state index contributed by atoms with van der Waals surface area (Å²) in [7, 11) is 0. The third-order valence-electron chi connectivity index (χ3n) is 11.3. The van der Waals surface area contributed by atoms with Gasteiger partial charge in [-0.2, -0.15) is 0 Å². The fourth-order valence-electron chi connectivity index (χ4n) is 8.54. The maximum atomic E-state index is 13.4. The van der Waals surface area contributed by atoms with E-state index in [-0.39, 0.29) is 48.9 Å². The summed E-state index contributed by atoms with van der Waals surface area (Å²) in [5, 5.41) is 25.1. The first kappa shape index (κ1) is 32.0. The predicted molar refractivity (Wildman–Crippen MR) is 158 cm³/mol. The molecule has 0 bridgehead atoms. The van der Waals surface area contributed by atoms with E-state index in [1.165, 1.54) is 19.3 Å². The van der Waals surface area contributed by atoms with Crippen LogP contribution < -0.4 is 11.1 Å². The summed E-state index contributed by atoms with van der Waals surface area (Å²) in [5.41, 5.74) is 5.85. The van der Waals surface area contributed by atoms with Crippen molar-refractivity contribution in [1.29, 1.82) is 0 Å². The maximum Gasteiger partial charge on any atom is 0.333 e. The zero-order chi connectivity index (χ0) is 30.0. The third kappa shape index (κ3) is 6.81. The van der Waals surface area contributed by atoms with Gasteiger partial charge in [0.15, 0.2) is 0 Å². The molecule has 0 aromatic rings. The zero-order valence-corrected chi connectivity index (χ0v) is 25.8. The number of rotatable bonds is 8. The van der Waals surface area contributed by atoms with Crippen molar-refractivity contribution in [3.63, 3.8) is 0 Å². The first-order chi connectivity index (χ1) is 20.1. The number of aliphatic hydroxyl groups is 2. The molecule has 11 atom stereocenters. The van der Waals surface area contributed by atoms with Crippen LogP contribution in [0.1, 0.15) is 97.8 Å². The molecule has 3 saturated heterocycles. The first-order valence-electron chi connectivity index (χ1n) is 16.6. The molecule has 5 rings (SSSR count). The van der Waals surface area contributed by atoms with Crippen LogP contribution in [0.15, 0.2) is 11.6 Å². The number of allylic oxidation sites excluding steroid dienone is 1. The number of esters is 1. The van der Waals surface area contributed by atoms with Gasteiger partial charge in [-0.25, -0.2) is 4.79 Å². The Morgan fingerprint density at radius 3 is 2.60 bits per heavy atom. The molecule has 0 radical (unpaired) electrons. The topological polar surface area (TPSA) is 140 Å². The number of carbonyl (C=O) groups is 2. The van der Waals surface area contributed by atoms with E-state index in [0.29, 0.717) is 30.3 Å². The summed E-state index contributed by atoms with van der Waals surface area (Å²) in [6, 6.07) is 0. The fraction of sp³-hybridized carbons (Fsp3) is 0.879. The Morgan fingerprint density at radius 2 is 1.93 bits per heavy atom. The average Bonchev–Trinajstić information content (AvgIpc) is 2.99. The third-order valence-corrected chi connectivity index (χ3v) is 11.3. The molecule has 9 heteroatoms. The molecule has 0 spiro atoms. The minimum absolute atomic E-state index is 0.0409. The molecule has 3 heterocycles. The summed E-state index contributed by atoms with van der Waals surface area (Å²) < 4.78 is 19.7. The maximum absolute atomic E-state index is 13.4. The average molecular weight is 591 g/mol. The van der Waals surface area contributed by atoms with Gasteiger partial charge in [-0.15, -0.1) is 0 Å². The van der Waals surface area contributed by atoms with Crippen LogP contribution in [0.25, 0.3) is 0 Å². The number of hydrogen-bond donors (Lipinski definition) is 4. The number of nitrogens with two attached hydrogens (primary N) is 1. The van der Waals surface area contributed by atoms with Crippen molar-refractivity contribution in [2.45, 2.75) is 140 Å². The first-order valence-corrected chi connectivity index (χ1v) is 16.6. The molecule has 3 aliphatic heterocycles. The largest absolute Gasteiger partial charge is 0.456 e. The van der Waals surface area contributed by atoms with E-state index in [0.717, 1.165) is 45.1 Å². The summed E-state index contributed by atoms with van der Waals surface area (Å²) in [6.45, 7) is 6.28. The standard InChI is InChI=1S/C33H54N2O7/c1-4-19(2)32(39)41-26-16-23-29(38)28-25(37)15-22(18-36)40-31(28)24(14-20-8-6-5-7-9-20)30(23)42-33(26,3)13-12-21-10-11-27(34)35-17-21/h4,20-24,26-31,35-36,38H,5-18,34H2,1-3H3/t21?,22?,23?,24?,26-,27?,28?,29?,30?,31?,33-/m0/s1. The number of ether oxygens (including phenoxy) is 3. The molecule has 2 aliphatic carbocycles. The van der Waals surface area contributed by atoms with Crippen molar-refractivity contribution in [1.82, 2.24) is 5.32 Å². The van der Waals surface area contributed by atoms with Crippen LogP contribution in [-0.2, 0) is 23.8 Å². The van der Waals surface area contributed by atoms with Gasteiger partial charge in [-0.1, -0.05) is 38.2 Å². The number of piperidine rings is 1. The van der Waals surface area contributed by atoms with E-state index in [1.807, 2.05) is 6.92 Å². The molecule has 0 aromatic heterocycles. The van der Waals surface area contributed by atoms with E-state index in [4.69, 9.17) is 19.9 Å². The number of nitrogens with one attached hydrogen (secondary N) is 1. The number of aliphatic hydroxyl groups excluding tert-OH is 2. The lowest BCUT2D eigenvalue weighted by Gasteiger charge is -2.58. The second-order valence-corrected chi connectivity index (χ2v) is 14.2. The molecule has 0 aromatic carbocycles. The van der Waals surface area contributed by atoms with E-state index < -0.39 is 35.9 Å². The van der Waals surface area contributed by atoms with Gasteiger partial charge in [0.05, 0.1) is 43.1 Å². The van der Waals surface area contributed by atoms with Gasteiger partial charge in [-0.05, 0) is 77.7 Å². The Labute approximate surface area is 251 Å². The van der Waals surface area contributed by atoms with Gasteiger partial charge in [-0.3, -0.25) is 4.79 Å². The SMILES string of the molecule is CC=C(C)C(=O)O[C@H]1CC2C(O)C3C(=O)CC(CO)OC3C(CC3CCCCC3)C2O[C@@]1(C)CCC1CCC(N)NC1. The van der Waals surface area contributed by atoms with Crippen LogP contribution in [0.5, 0.6) is 0 Å². The minimum Gasteiger partial charge on any atom is -0.456 e. The number of carbonyl (C=O) groups excluding carboxylic acids is 2. The molecule has 9 unspecified atom stereocenters. The summed E-state index contributed by atoms with van der Waals surface area (Å²) in [4.78, 5) is 26.5. The second kappa shape index (κ2) is 13.7. The van der Waals surface area contributed by atoms with Crippen LogP contribution in [0.4, 0.5) is 0 Å². The van der Waals surface area contributed by atoms with Crippen LogP contribution in [-0.4, -0.2) is 77.4 Å². The molecule has 5 N–H and O–H groups in total. The van der Waals surface area contributed by atoms with E-state index in [2.05, 4.69) is 12.2 Å². The van der Waals surface area contributed by atoms with Crippen molar-refractivity contribution in [3.8, 4) is 0 Å². The highest BCUT2D eigenvalue weighted by atomic mass is 16.6. The predicted octanol–water partition coefficient (Wildman–Crippen LogP) is 3.39. The number of ketones is 1. The smallest absolute Gasteiger partial charge is 0.333 e. The molecular formula is C33H54N2O7. The van der Waals surface area contributed by atoms with Crippen molar-refractivity contribution >= 4 is 11.8 Å². The van der Waals surface area contributed by atoms with Gasteiger partial charge < -0.3 is 35.5 Å². The van der Waals surface area contributed by atoms with Crippen LogP contribution in [0.2, 0.25) is 0 Å². The van der Waals surface area contributed by atoms with Crippen LogP contribution >= 0.6 is 0 Å². The Balaban J connectivity index is 1.44. The highest BCUT2D eigenvalue weighted by molar-refractivity contribution is 5.87. The zero-order valence-electron chi connectivity index (χ0n) is 25.8. The Bertz CT molecular complexity index is 975. The van der Waals surface area contributed by atoms with Crippen LogP contribution in [0, 0.1) is 29.6 Å². The summed E-state index contributed by atoms with van der Waals surface area (Å²) >= 11 is 0. The molecular weight excluding hydrogens is 536 g/mol. The molecule has 2 saturated carbocycles. The summed E-state index contributed by atoms with van der Waals surface area (Å²) in [6.07, 6.45) is 9.95. The lowest BCUT2D eigenvalue weighted by atomic mass is 9.60. The lowest BCUT2D eigenvalue weighted by Crippen LogP contribution is -2.67. The van der Waals surface area contributed by atoms with Gasteiger partial charge >= 0.3 is 5.97 Å². The Morgan fingerprint density at radius 1 is 1.17 bits per heavy atom. The van der Waals surface area contributed by atoms with Gasteiger partial charge in [0.1, 0.15) is 17.5 Å². The van der Waals surface area contributed by atoms with E-state index >= 15 is 0 Å². The number of Topliss-reactive ketones (excluding diaryl/α,β-unsaturated/α-hetero) is 1. The quantitative estimate of drug-likeness (QED) is 0.247. The van der Waals surface area contributed by atoms with E-state index in [9.17, 15) is 19.8 Å². The summed E-state index contributed by atoms with van der Waals surface area (Å²) in [5.74, 6) is -0.502. The highest BCUT2D eigenvalue weighted by Gasteiger charge is 2.61. The van der Waals surface area contributed by atoms with Gasteiger partial charge in [0, 0.05) is 23.8 Å². The molecule has 0 amide bonds. The van der Waals surface area contributed by atoms with Gasteiger partial charge in [0.25, 0.3) is 0 Å². The monoisotopic (exact) mass is 590 g/mol. The van der Waals surface area contributed by atoms with E-state index in [1.54, 1.807) is 13.0 Å². The molecule has 9 nitrogen and oxygen atoms in total. The second-order valence-electron chi connectivity index (χ2n) is 14.2. The number of hydrogen-bond acceptors (Lipinski definition) is 9. The molecule has 238 valence electrons. The van der Waals surface area contributed by atoms with Crippen molar-refractivity contribution in [3.05, 3.63) is 11.6 Å². The van der Waals surface area contributed by atoms with Crippen molar-refractivity contribution in [2.75, 3.05) is 13.2 Å². The van der Waals surface area contributed by atoms with Crippen LogP contribution in [0.3, 0.4) is 0 Å².